The fourth-order valence-electron chi connectivity index (χ4n) is 4.05. The van der Waals surface area contributed by atoms with Crippen LogP contribution in [0.15, 0.2) is 42.5 Å². The topological polar surface area (TPSA) is 41.6 Å². The van der Waals surface area contributed by atoms with Crippen molar-refractivity contribution >= 4 is 5.91 Å². The van der Waals surface area contributed by atoms with Gasteiger partial charge >= 0.3 is 0 Å². The van der Waals surface area contributed by atoms with Crippen LogP contribution in [-0.4, -0.2) is 43.6 Å². The van der Waals surface area contributed by atoms with Crippen LogP contribution in [-0.2, 0) is 0 Å². The lowest BCUT2D eigenvalue weighted by Gasteiger charge is -2.31. The number of carbonyl (C=O) groups excluding carboxylic acids is 1. The molecule has 1 amide bonds. The highest BCUT2D eigenvalue weighted by molar-refractivity contribution is 5.94. The molecule has 150 valence electrons. The highest BCUT2D eigenvalue weighted by atomic mass is 16.5. The quantitative estimate of drug-likeness (QED) is 0.768. The molecule has 2 aromatic rings. The van der Waals surface area contributed by atoms with Gasteiger partial charge in [0.25, 0.3) is 5.91 Å². The highest BCUT2D eigenvalue weighted by Gasteiger charge is 2.25. The third-order valence-electron chi connectivity index (χ3n) is 5.74. The zero-order valence-electron chi connectivity index (χ0n) is 17.5. The minimum Gasteiger partial charge on any atom is -0.497 e. The number of ether oxygens (including phenoxy) is 1. The maximum Gasteiger partial charge on any atom is 0.251 e. The molecule has 1 fully saturated rings. The van der Waals surface area contributed by atoms with Gasteiger partial charge in [-0.3, -0.25) is 9.69 Å². The van der Waals surface area contributed by atoms with Gasteiger partial charge in [-0.1, -0.05) is 32.0 Å². The fraction of sp³-hybridized carbons (Fsp3) is 0.458. The monoisotopic (exact) mass is 380 g/mol. The predicted molar refractivity (Wildman–Crippen MR) is 115 cm³/mol. The molecule has 0 saturated carbocycles. The van der Waals surface area contributed by atoms with Crippen LogP contribution in [0.2, 0.25) is 0 Å². The molecule has 1 aliphatic heterocycles. The third kappa shape index (κ3) is 4.74. The summed E-state index contributed by atoms with van der Waals surface area (Å²) in [5.74, 6) is 1.39. The lowest BCUT2D eigenvalue weighted by atomic mass is 9.99. The van der Waals surface area contributed by atoms with Gasteiger partial charge in [-0.25, -0.2) is 0 Å². The molecule has 0 unspecified atom stereocenters. The lowest BCUT2D eigenvalue weighted by molar-refractivity contribution is 0.0927. The summed E-state index contributed by atoms with van der Waals surface area (Å²) in [4.78, 5) is 15.2. The van der Waals surface area contributed by atoms with Gasteiger partial charge in [-0.05, 0) is 79.7 Å². The van der Waals surface area contributed by atoms with E-state index in [-0.39, 0.29) is 5.91 Å². The molecule has 0 aliphatic carbocycles. The standard InChI is InChI=1S/C24H32N2O2/c1-17(2)23(26-13-5-6-14-26)16-25-24(27)20-9-7-19(8-10-20)22-12-11-21(28-4)15-18(22)3/h7-12,15,17,23H,5-6,13-14,16H2,1-4H3,(H,25,27)/t23-/m1/s1. The molecule has 0 spiro atoms. The Hall–Kier alpha value is -2.33. The predicted octanol–water partition coefficient (Wildman–Crippen LogP) is 4.52. The van der Waals surface area contributed by atoms with E-state index in [1.165, 1.54) is 12.8 Å². The van der Waals surface area contributed by atoms with E-state index in [1.807, 2.05) is 36.4 Å². The second kappa shape index (κ2) is 9.24. The summed E-state index contributed by atoms with van der Waals surface area (Å²) in [6, 6.07) is 14.3. The van der Waals surface area contributed by atoms with E-state index in [0.29, 0.717) is 24.1 Å². The SMILES string of the molecule is COc1ccc(-c2ccc(C(=O)NC[C@H](C(C)C)N3CCCC3)cc2)c(C)c1. The lowest BCUT2D eigenvalue weighted by Crippen LogP contribution is -2.45. The Morgan fingerprint density at radius 2 is 1.79 bits per heavy atom. The second-order valence-electron chi connectivity index (χ2n) is 8.02. The number of hydrogen-bond acceptors (Lipinski definition) is 3. The Balaban J connectivity index is 1.65. The summed E-state index contributed by atoms with van der Waals surface area (Å²) in [5.41, 5.74) is 4.12. The number of methoxy groups -OCH3 is 1. The molecular formula is C24H32N2O2. The number of likely N-dealkylation sites (tertiary alicyclic amines) is 1. The van der Waals surface area contributed by atoms with Crippen LogP contribution in [0.4, 0.5) is 0 Å². The maximum absolute atomic E-state index is 12.6. The Labute approximate surface area is 168 Å². The highest BCUT2D eigenvalue weighted by Crippen LogP contribution is 2.27. The first kappa shape index (κ1) is 20.4. The van der Waals surface area contributed by atoms with Crippen LogP contribution in [0.1, 0.15) is 42.6 Å². The van der Waals surface area contributed by atoms with Gasteiger partial charge in [0, 0.05) is 18.2 Å². The summed E-state index contributed by atoms with van der Waals surface area (Å²) < 4.78 is 5.28. The van der Waals surface area contributed by atoms with Gasteiger partial charge in [0.15, 0.2) is 0 Å². The van der Waals surface area contributed by atoms with E-state index < -0.39 is 0 Å². The normalized spacial score (nSPS) is 15.6. The van der Waals surface area contributed by atoms with Gasteiger partial charge in [-0.15, -0.1) is 0 Å². The van der Waals surface area contributed by atoms with Gasteiger partial charge < -0.3 is 10.1 Å². The van der Waals surface area contributed by atoms with Crippen LogP contribution in [0.3, 0.4) is 0 Å². The van der Waals surface area contributed by atoms with Crippen molar-refractivity contribution in [2.75, 3.05) is 26.7 Å². The molecular weight excluding hydrogens is 348 g/mol. The van der Waals surface area contributed by atoms with Gasteiger partial charge in [-0.2, -0.15) is 0 Å². The van der Waals surface area contributed by atoms with Crippen molar-refractivity contribution in [2.45, 2.75) is 39.7 Å². The first-order chi connectivity index (χ1) is 13.5. The average Bonchev–Trinajstić information content (AvgIpc) is 3.22. The number of amides is 1. The maximum atomic E-state index is 12.6. The molecule has 1 N–H and O–H groups in total. The van der Waals surface area contributed by atoms with E-state index in [9.17, 15) is 4.79 Å². The van der Waals surface area contributed by atoms with Crippen molar-refractivity contribution < 1.29 is 9.53 Å². The van der Waals surface area contributed by atoms with Crippen LogP contribution < -0.4 is 10.1 Å². The summed E-state index contributed by atoms with van der Waals surface area (Å²) in [6.45, 7) is 9.55. The zero-order valence-corrected chi connectivity index (χ0v) is 17.5. The van der Waals surface area contributed by atoms with Gasteiger partial charge in [0.2, 0.25) is 0 Å². The Bertz CT molecular complexity index is 793. The van der Waals surface area contributed by atoms with Crippen molar-refractivity contribution in [1.82, 2.24) is 10.2 Å². The van der Waals surface area contributed by atoms with Crippen LogP contribution in [0, 0.1) is 12.8 Å². The molecule has 1 aliphatic rings. The number of rotatable bonds is 7. The number of carbonyl (C=O) groups is 1. The fourth-order valence-corrected chi connectivity index (χ4v) is 4.05. The molecule has 1 saturated heterocycles. The molecule has 1 heterocycles. The Morgan fingerprint density at radius 3 is 2.36 bits per heavy atom. The summed E-state index contributed by atoms with van der Waals surface area (Å²) in [6.07, 6.45) is 2.53. The molecule has 0 radical (unpaired) electrons. The first-order valence-electron chi connectivity index (χ1n) is 10.3. The molecule has 0 aromatic heterocycles. The van der Waals surface area contributed by atoms with Crippen molar-refractivity contribution in [2.24, 2.45) is 5.92 Å². The molecule has 2 aromatic carbocycles. The van der Waals surface area contributed by atoms with Gasteiger partial charge in [0.05, 0.1) is 7.11 Å². The smallest absolute Gasteiger partial charge is 0.251 e. The third-order valence-corrected chi connectivity index (χ3v) is 5.74. The number of nitrogens with zero attached hydrogens (tertiary/aromatic N) is 1. The second-order valence-corrected chi connectivity index (χ2v) is 8.02. The number of benzene rings is 2. The van der Waals surface area contributed by atoms with E-state index in [4.69, 9.17) is 4.74 Å². The van der Waals surface area contributed by atoms with Crippen LogP contribution in [0.25, 0.3) is 11.1 Å². The first-order valence-corrected chi connectivity index (χ1v) is 10.3. The largest absolute Gasteiger partial charge is 0.497 e. The van der Waals surface area contributed by atoms with E-state index in [0.717, 1.165) is 35.5 Å². The summed E-state index contributed by atoms with van der Waals surface area (Å²) in [5, 5.41) is 3.15. The molecule has 4 heteroatoms. The van der Waals surface area contributed by atoms with E-state index >= 15 is 0 Å². The van der Waals surface area contributed by atoms with Crippen molar-refractivity contribution in [3.8, 4) is 16.9 Å². The minimum absolute atomic E-state index is 0.00264. The number of aryl methyl sites for hydroxylation is 1. The number of nitrogens with one attached hydrogen (secondary N) is 1. The van der Waals surface area contributed by atoms with E-state index in [1.54, 1.807) is 7.11 Å². The van der Waals surface area contributed by atoms with Crippen molar-refractivity contribution in [1.29, 1.82) is 0 Å². The van der Waals surface area contributed by atoms with Crippen molar-refractivity contribution in [3.05, 3.63) is 53.6 Å². The summed E-state index contributed by atoms with van der Waals surface area (Å²) in [7, 11) is 1.68. The Morgan fingerprint density at radius 1 is 1.11 bits per heavy atom. The molecule has 3 rings (SSSR count). The van der Waals surface area contributed by atoms with Crippen LogP contribution >= 0.6 is 0 Å². The van der Waals surface area contributed by atoms with E-state index in [2.05, 4.69) is 37.1 Å². The summed E-state index contributed by atoms with van der Waals surface area (Å²) >= 11 is 0. The average molecular weight is 381 g/mol. The number of hydrogen-bond donors (Lipinski definition) is 1. The Kier molecular flexibility index (Phi) is 6.74. The van der Waals surface area contributed by atoms with Crippen LogP contribution in [0.5, 0.6) is 5.75 Å². The zero-order chi connectivity index (χ0) is 20.1. The molecule has 1 atom stereocenters. The molecule has 4 nitrogen and oxygen atoms in total. The minimum atomic E-state index is 0.00264. The van der Waals surface area contributed by atoms with Gasteiger partial charge in [0.1, 0.15) is 5.75 Å². The molecule has 28 heavy (non-hydrogen) atoms. The molecule has 0 bridgehead atoms. The van der Waals surface area contributed by atoms with Crippen molar-refractivity contribution in [3.63, 3.8) is 0 Å².